The first-order valence-corrected chi connectivity index (χ1v) is 9.59. The lowest BCUT2D eigenvalue weighted by atomic mass is 9.95. The summed E-state index contributed by atoms with van der Waals surface area (Å²) in [7, 11) is 0. The Bertz CT molecular complexity index is 939. The fourth-order valence-corrected chi connectivity index (χ4v) is 3.79. The number of hydrogen-bond acceptors (Lipinski definition) is 5. The number of carbonyl (C=O) groups is 1. The molecule has 146 valence electrons. The molecule has 0 aromatic carbocycles. The molecule has 0 unspecified atom stereocenters. The number of nitrogens with two attached hydrogens (primary N) is 1. The van der Waals surface area contributed by atoms with E-state index in [4.69, 9.17) is 5.73 Å². The minimum Gasteiger partial charge on any atom is -0.384 e. The molecule has 3 aromatic rings. The molecule has 2 N–H and O–H groups in total. The van der Waals surface area contributed by atoms with E-state index < -0.39 is 0 Å². The molecule has 0 atom stereocenters. The van der Waals surface area contributed by atoms with Crippen LogP contribution in [-0.4, -0.2) is 48.2 Å². The van der Waals surface area contributed by atoms with Crippen LogP contribution in [0.4, 0.5) is 5.82 Å². The smallest absolute Gasteiger partial charge is 0.244 e. The monoisotopic (exact) mass is 379 g/mol. The van der Waals surface area contributed by atoms with Crippen molar-refractivity contribution in [3.05, 3.63) is 60.1 Å². The largest absolute Gasteiger partial charge is 0.384 e. The molecular weight excluding hydrogens is 354 g/mol. The summed E-state index contributed by atoms with van der Waals surface area (Å²) in [6.45, 7) is 4.22. The standard InChI is InChI=1S/C20H25N7O/c1-15-12-18(21)27(24-15)14-19(28)25-9-5-16(6-10-25)20-23-8-11-26(20)13-17-4-2-3-7-22-17/h2-4,7-8,11-12,16H,5-6,9-10,13-14,21H2,1H3. The van der Waals surface area contributed by atoms with Gasteiger partial charge in [0, 0.05) is 43.7 Å². The maximum absolute atomic E-state index is 12.6. The third-order valence-electron chi connectivity index (χ3n) is 5.24. The molecule has 0 aliphatic carbocycles. The second kappa shape index (κ2) is 7.84. The number of imidazole rings is 1. The SMILES string of the molecule is Cc1cc(N)n(CC(=O)N2CCC(c3nccn3Cc3ccccn3)CC2)n1. The molecule has 1 aliphatic heterocycles. The van der Waals surface area contributed by atoms with E-state index in [9.17, 15) is 4.79 Å². The van der Waals surface area contributed by atoms with Crippen LogP contribution in [0.2, 0.25) is 0 Å². The Hall–Kier alpha value is -3.16. The predicted molar refractivity (Wildman–Crippen MR) is 105 cm³/mol. The number of piperidine rings is 1. The molecule has 0 radical (unpaired) electrons. The van der Waals surface area contributed by atoms with E-state index in [2.05, 4.69) is 19.6 Å². The highest BCUT2D eigenvalue weighted by molar-refractivity contribution is 5.76. The molecule has 0 spiro atoms. The first-order chi connectivity index (χ1) is 13.6. The second-order valence-corrected chi connectivity index (χ2v) is 7.26. The number of anilines is 1. The molecule has 0 bridgehead atoms. The average Bonchev–Trinajstić information content (AvgIpc) is 3.28. The van der Waals surface area contributed by atoms with Crippen LogP contribution < -0.4 is 5.73 Å². The summed E-state index contributed by atoms with van der Waals surface area (Å²) in [6.07, 6.45) is 7.46. The number of pyridine rings is 1. The van der Waals surface area contributed by atoms with Crippen molar-refractivity contribution >= 4 is 11.7 Å². The number of hydrogen-bond donors (Lipinski definition) is 1. The summed E-state index contributed by atoms with van der Waals surface area (Å²) in [5.74, 6) is 2.01. The third kappa shape index (κ3) is 3.90. The van der Waals surface area contributed by atoms with Crippen molar-refractivity contribution in [2.24, 2.45) is 0 Å². The van der Waals surface area contributed by atoms with E-state index >= 15 is 0 Å². The molecule has 8 nitrogen and oxygen atoms in total. The van der Waals surface area contributed by atoms with Crippen LogP contribution in [0.15, 0.2) is 42.9 Å². The molecule has 8 heteroatoms. The van der Waals surface area contributed by atoms with Gasteiger partial charge in [-0.15, -0.1) is 0 Å². The Morgan fingerprint density at radius 1 is 1.21 bits per heavy atom. The predicted octanol–water partition coefficient (Wildman–Crippen LogP) is 1.82. The first kappa shape index (κ1) is 18.2. The first-order valence-electron chi connectivity index (χ1n) is 9.59. The van der Waals surface area contributed by atoms with Gasteiger partial charge < -0.3 is 15.2 Å². The second-order valence-electron chi connectivity index (χ2n) is 7.26. The maximum atomic E-state index is 12.6. The fraction of sp³-hybridized carbons (Fsp3) is 0.400. The van der Waals surface area contributed by atoms with Crippen LogP contribution in [-0.2, 0) is 17.9 Å². The van der Waals surface area contributed by atoms with Gasteiger partial charge in [0.1, 0.15) is 18.2 Å². The zero-order valence-corrected chi connectivity index (χ0v) is 16.0. The van der Waals surface area contributed by atoms with Crippen molar-refractivity contribution < 1.29 is 4.79 Å². The van der Waals surface area contributed by atoms with E-state index in [0.29, 0.717) is 18.3 Å². The summed E-state index contributed by atoms with van der Waals surface area (Å²) in [5, 5.41) is 4.28. The van der Waals surface area contributed by atoms with Gasteiger partial charge in [0.2, 0.25) is 5.91 Å². The van der Waals surface area contributed by atoms with Crippen molar-refractivity contribution in [3.63, 3.8) is 0 Å². The number of aromatic nitrogens is 5. The van der Waals surface area contributed by atoms with Crippen LogP contribution in [0, 0.1) is 6.92 Å². The van der Waals surface area contributed by atoms with Gasteiger partial charge >= 0.3 is 0 Å². The maximum Gasteiger partial charge on any atom is 0.244 e. The van der Waals surface area contributed by atoms with Crippen LogP contribution in [0.5, 0.6) is 0 Å². The number of nitrogen functional groups attached to an aromatic ring is 1. The Morgan fingerprint density at radius 3 is 2.71 bits per heavy atom. The molecule has 3 aromatic heterocycles. The lowest BCUT2D eigenvalue weighted by molar-refractivity contribution is -0.133. The van der Waals surface area contributed by atoms with E-state index in [0.717, 1.165) is 43.1 Å². The fourth-order valence-electron chi connectivity index (χ4n) is 3.79. The van der Waals surface area contributed by atoms with E-state index in [1.165, 1.54) is 0 Å². The van der Waals surface area contributed by atoms with Crippen LogP contribution >= 0.6 is 0 Å². The number of likely N-dealkylation sites (tertiary alicyclic amines) is 1. The van der Waals surface area contributed by atoms with Gasteiger partial charge in [0.15, 0.2) is 0 Å². The van der Waals surface area contributed by atoms with E-state index in [1.807, 2.05) is 48.6 Å². The van der Waals surface area contributed by atoms with E-state index in [1.54, 1.807) is 10.7 Å². The highest BCUT2D eigenvalue weighted by Gasteiger charge is 2.27. The highest BCUT2D eigenvalue weighted by Crippen LogP contribution is 2.27. The van der Waals surface area contributed by atoms with Gasteiger partial charge in [-0.2, -0.15) is 5.10 Å². The quantitative estimate of drug-likeness (QED) is 0.730. The van der Waals surface area contributed by atoms with Crippen molar-refractivity contribution in [2.75, 3.05) is 18.8 Å². The number of rotatable bonds is 5. The summed E-state index contributed by atoms with van der Waals surface area (Å²) in [4.78, 5) is 23.5. The molecule has 1 aliphatic rings. The molecule has 4 heterocycles. The topological polar surface area (TPSA) is 94.9 Å². The number of carbonyl (C=O) groups excluding carboxylic acids is 1. The molecule has 28 heavy (non-hydrogen) atoms. The van der Waals surface area contributed by atoms with Gasteiger partial charge in [0.05, 0.1) is 17.9 Å². The Morgan fingerprint density at radius 2 is 2.04 bits per heavy atom. The van der Waals surface area contributed by atoms with Gasteiger partial charge in [-0.3, -0.25) is 9.78 Å². The number of nitrogens with zero attached hydrogens (tertiary/aromatic N) is 6. The molecule has 1 amide bonds. The van der Waals surface area contributed by atoms with Crippen LogP contribution in [0.1, 0.15) is 36.0 Å². The summed E-state index contributed by atoms with van der Waals surface area (Å²) in [6, 6.07) is 7.72. The minimum atomic E-state index is 0.0603. The normalized spacial score (nSPS) is 15.1. The van der Waals surface area contributed by atoms with E-state index in [-0.39, 0.29) is 12.5 Å². The van der Waals surface area contributed by atoms with Crippen molar-refractivity contribution in [3.8, 4) is 0 Å². The summed E-state index contributed by atoms with van der Waals surface area (Å²) in [5.41, 5.74) is 7.74. The summed E-state index contributed by atoms with van der Waals surface area (Å²) >= 11 is 0. The van der Waals surface area contributed by atoms with Crippen molar-refractivity contribution in [2.45, 2.75) is 38.8 Å². The minimum absolute atomic E-state index is 0.0603. The summed E-state index contributed by atoms with van der Waals surface area (Å²) < 4.78 is 3.74. The van der Waals surface area contributed by atoms with Crippen molar-refractivity contribution in [1.29, 1.82) is 0 Å². The lowest BCUT2D eigenvalue weighted by Crippen LogP contribution is -2.40. The van der Waals surface area contributed by atoms with Gasteiger partial charge in [-0.1, -0.05) is 6.07 Å². The number of aryl methyl sites for hydroxylation is 1. The molecule has 4 rings (SSSR count). The third-order valence-corrected chi connectivity index (χ3v) is 5.24. The molecular formula is C20H25N7O. The molecule has 1 fully saturated rings. The zero-order valence-electron chi connectivity index (χ0n) is 16.0. The molecule has 1 saturated heterocycles. The van der Waals surface area contributed by atoms with Crippen molar-refractivity contribution in [1.82, 2.24) is 29.2 Å². The van der Waals surface area contributed by atoms with Gasteiger partial charge in [-0.05, 0) is 31.9 Å². The van der Waals surface area contributed by atoms with Gasteiger partial charge in [0.25, 0.3) is 0 Å². The number of amides is 1. The Balaban J connectivity index is 1.36. The Kier molecular flexibility index (Phi) is 5.10. The average molecular weight is 379 g/mol. The van der Waals surface area contributed by atoms with Crippen LogP contribution in [0.3, 0.4) is 0 Å². The zero-order chi connectivity index (χ0) is 19.5. The molecule has 0 saturated carbocycles. The Labute approximate surface area is 164 Å². The van der Waals surface area contributed by atoms with Gasteiger partial charge in [-0.25, -0.2) is 9.67 Å². The highest BCUT2D eigenvalue weighted by atomic mass is 16.2. The lowest BCUT2D eigenvalue weighted by Gasteiger charge is -2.32. The van der Waals surface area contributed by atoms with Crippen LogP contribution in [0.25, 0.3) is 0 Å².